The second-order valence-corrected chi connectivity index (χ2v) is 8.03. The summed E-state index contributed by atoms with van der Waals surface area (Å²) in [6, 6.07) is 1.65. The van der Waals surface area contributed by atoms with E-state index in [0.717, 1.165) is 0 Å². The van der Waals surface area contributed by atoms with Gasteiger partial charge < -0.3 is 4.74 Å². The van der Waals surface area contributed by atoms with Crippen LogP contribution >= 0.6 is 0 Å². The summed E-state index contributed by atoms with van der Waals surface area (Å²) in [5, 5.41) is -0.671. The number of Topliss-reactive ketones (excluding diaryl/α,β-unsaturated/α-hetero) is 1. The predicted octanol–water partition coefficient (Wildman–Crippen LogP) is 1.63. The van der Waals surface area contributed by atoms with E-state index in [0.29, 0.717) is 37.0 Å². The molecule has 3 rings (SSSR count). The highest BCUT2D eigenvalue weighted by atomic mass is 32.2. The molecule has 6 heteroatoms. The van der Waals surface area contributed by atoms with Gasteiger partial charge >= 0.3 is 0 Å². The average Bonchev–Trinajstić information content (AvgIpc) is 2.66. The van der Waals surface area contributed by atoms with Crippen LogP contribution in [0.2, 0.25) is 0 Å². The standard InChI is InChI=1S/C14H17NO4S/c1-19-13-4-5-15-8-12(13)14(16)9-6-10-2-3-11(7-9)20(10,17)18/h4-5,8-11H,2-3,6-7H2,1H3. The normalized spacial score (nSPS) is 30.9. The molecule has 5 nitrogen and oxygen atoms in total. The third kappa shape index (κ3) is 2.02. The van der Waals surface area contributed by atoms with Gasteiger partial charge in [-0.25, -0.2) is 8.42 Å². The molecule has 3 heterocycles. The number of aromatic nitrogens is 1. The molecular formula is C14H17NO4S. The molecule has 0 spiro atoms. The topological polar surface area (TPSA) is 73.3 Å². The van der Waals surface area contributed by atoms with E-state index in [2.05, 4.69) is 4.98 Å². The van der Waals surface area contributed by atoms with Crippen LogP contribution in [0.5, 0.6) is 5.75 Å². The van der Waals surface area contributed by atoms with E-state index >= 15 is 0 Å². The number of ether oxygens (including phenoxy) is 1. The van der Waals surface area contributed by atoms with E-state index in [4.69, 9.17) is 4.74 Å². The number of rotatable bonds is 3. The molecule has 2 aliphatic rings. The maximum Gasteiger partial charge on any atom is 0.171 e. The number of nitrogens with zero attached hydrogens (tertiary/aromatic N) is 1. The van der Waals surface area contributed by atoms with Gasteiger partial charge in [0, 0.05) is 18.3 Å². The van der Waals surface area contributed by atoms with Gasteiger partial charge in [0.1, 0.15) is 5.75 Å². The fourth-order valence-electron chi connectivity index (χ4n) is 3.39. The molecule has 2 aliphatic heterocycles. The van der Waals surface area contributed by atoms with Crippen LogP contribution in [0.1, 0.15) is 36.0 Å². The first kappa shape index (κ1) is 13.5. The fourth-order valence-corrected chi connectivity index (χ4v) is 5.86. The van der Waals surface area contributed by atoms with E-state index in [1.165, 1.54) is 13.3 Å². The zero-order valence-corrected chi connectivity index (χ0v) is 12.1. The molecule has 108 valence electrons. The molecule has 0 N–H and O–H groups in total. The summed E-state index contributed by atoms with van der Waals surface area (Å²) in [6.07, 6.45) is 5.35. The Labute approximate surface area is 118 Å². The zero-order valence-electron chi connectivity index (χ0n) is 11.3. The summed E-state index contributed by atoms with van der Waals surface area (Å²) >= 11 is 0. The minimum atomic E-state index is -2.99. The minimum Gasteiger partial charge on any atom is -0.496 e. The van der Waals surface area contributed by atoms with Gasteiger partial charge in [-0.1, -0.05) is 0 Å². The van der Waals surface area contributed by atoms with Gasteiger partial charge in [-0.2, -0.15) is 0 Å². The smallest absolute Gasteiger partial charge is 0.171 e. The predicted molar refractivity (Wildman–Crippen MR) is 73.6 cm³/mol. The van der Waals surface area contributed by atoms with Crippen molar-refractivity contribution >= 4 is 15.6 Å². The quantitative estimate of drug-likeness (QED) is 0.792. The third-order valence-electron chi connectivity index (χ3n) is 4.47. The molecule has 2 fully saturated rings. The Morgan fingerprint density at radius 1 is 1.30 bits per heavy atom. The van der Waals surface area contributed by atoms with E-state index in [1.807, 2.05) is 0 Å². The first-order valence-electron chi connectivity index (χ1n) is 6.79. The molecule has 0 aromatic carbocycles. The van der Waals surface area contributed by atoms with Gasteiger partial charge in [0.15, 0.2) is 15.6 Å². The van der Waals surface area contributed by atoms with Crippen molar-refractivity contribution in [2.75, 3.05) is 7.11 Å². The SMILES string of the molecule is COc1ccncc1C(=O)C1CC2CCC(C1)S2(=O)=O. The summed E-state index contributed by atoms with van der Waals surface area (Å²) in [7, 11) is -1.48. The van der Waals surface area contributed by atoms with Crippen LogP contribution in [0.3, 0.4) is 0 Å². The van der Waals surface area contributed by atoms with Crippen LogP contribution in [0, 0.1) is 5.92 Å². The largest absolute Gasteiger partial charge is 0.496 e. The Morgan fingerprint density at radius 3 is 2.55 bits per heavy atom. The molecule has 0 amide bonds. The first-order chi connectivity index (χ1) is 9.54. The number of fused-ring (bicyclic) bond motifs is 2. The van der Waals surface area contributed by atoms with E-state index in [-0.39, 0.29) is 22.2 Å². The van der Waals surface area contributed by atoms with Crippen molar-refractivity contribution in [2.45, 2.75) is 36.2 Å². The lowest BCUT2D eigenvalue weighted by Gasteiger charge is -2.27. The minimum absolute atomic E-state index is 0.0400. The van der Waals surface area contributed by atoms with Crippen molar-refractivity contribution in [1.29, 1.82) is 0 Å². The Balaban J connectivity index is 1.87. The molecule has 2 unspecified atom stereocenters. The molecule has 2 bridgehead atoms. The molecule has 1 aromatic heterocycles. The van der Waals surface area contributed by atoms with E-state index < -0.39 is 9.84 Å². The van der Waals surface area contributed by atoms with Crippen LogP contribution in [0.15, 0.2) is 18.5 Å². The maximum atomic E-state index is 12.6. The van der Waals surface area contributed by atoms with Crippen molar-refractivity contribution in [3.8, 4) is 5.75 Å². The Morgan fingerprint density at radius 2 is 1.95 bits per heavy atom. The average molecular weight is 295 g/mol. The first-order valence-corrected chi connectivity index (χ1v) is 8.40. The third-order valence-corrected chi connectivity index (χ3v) is 7.19. The van der Waals surface area contributed by atoms with Crippen LogP contribution < -0.4 is 4.74 Å². The van der Waals surface area contributed by atoms with Crippen molar-refractivity contribution in [3.63, 3.8) is 0 Å². The Bertz CT molecular complexity index is 620. The van der Waals surface area contributed by atoms with Gasteiger partial charge in [0.25, 0.3) is 0 Å². The molecule has 1 aromatic rings. The summed E-state index contributed by atoms with van der Waals surface area (Å²) in [4.78, 5) is 16.6. The van der Waals surface area contributed by atoms with Crippen LogP contribution in [-0.4, -0.2) is 36.8 Å². The molecule has 2 saturated heterocycles. The number of methoxy groups -OCH3 is 1. The van der Waals surface area contributed by atoms with Crippen molar-refractivity contribution < 1.29 is 17.9 Å². The Hall–Kier alpha value is -1.43. The lowest BCUT2D eigenvalue weighted by atomic mass is 9.90. The van der Waals surface area contributed by atoms with E-state index in [9.17, 15) is 13.2 Å². The maximum absolute atomic E-state index is 12.6. The van der Waals surface area contributed by atoms with Crippen molar-refractivity contribution in [2.24, 2.45) is 5.92 Å². The number of ketones is 1. The van der Waals surface area contributed by atoms with Crippen molar-refractivity contribution in [1.82, 2.24) is 4.98 Å². The summed E-state index contributed by atoms with van der Waals surface area (Å²) in [6.45, 7) is 0. The molecule has 0 saturated carbocycles. The van der Waals surface area contributed by atoms with Gasteiger partial charge in [0.05, 0.1) is 23.2 Å². The molecule has 0 aliphatic carbocycles. The number of pyridine rings is 1. The Kier molecular flexibility index (Phi) is 3.28. The fraction of sp³-hybridized carbons (Fsp3) is 0.571. The highest BCUT2D eigenvalue weighted by Gasteiger charge is 2.48. The number of carbonyl (C=O) groups excluding carboxylic acids is 1. The second-order valence-electron chi connectivity index (χ2n) is 5.52. The van der Waals surface area contributed by atoms with Gasteiger partial charge in [-0.15, -0.1) is 0 Å². The number of carbonyl (C=O) groups is 1. The van der Waals surface area contributed by atoms with Crippen LogP contribution in [-0.2, 0) is 9.84 Å². The van der Waals surface area contributed by atoms with E-state index in [1.54, 1.807) is 12.3 Å². The van der Waals surface area contributed by atoms with Crippen LogP contribution in [0.25, 0.3) is 0 Å². The van der Waals surface area contributed by atoms with Gasteiger partial charge in [-0.3, -0.25) is 9.78 Å². The number of sulfone groups is 1. The number of hydrogen-bond donors (Lipinski definition) is 0. The highest BCUT2D eigenvalue weighted by molar-refractivity contribution is 7.93. The second kappa shape index (κ2) is 4.84. The number of hydrogen-bond acceptors (Lipinski definition) is 5. The molecular weight excluding hydrogens is 278 g/mol. The zero-order chi connectivity index (χ0) is 14.3. The monoisotopic (exact) mass is 295 g/mol. The lowest BCUT2D eigenvalue weighted by molar-refractivity contribution is 0.0902. The molecule has 20 heavy (non-hydrogen) atoms. The summed E-state index contributed by atoms with van der Waals surface area (Å²) < 4.78 is 29.3. The summed E-state index contributed by atoms with van der Waals surface area (Å²) in [5.74, 6) is 0.238. The molecule has 2 atom stereocenters. The highest BCUT2D eigenvalue weighted by Crippen LogP contribution is 2.42. The van der Waals surface area contributed by atoms with Gasteiger partial charge in [-0.05, 0) is 31.7 Å². The molecule has 0 radical (unpaired) electrons. The van der Waals surface area contributed by atoms with Gasteiger partial charge in [0.2, 0.25) is 0 Å². The van der Waals surface area contributed by atoms with Crippen LogP contribution in [0.4, 0.5) is 0 Å². The summed E-state index contributed by atoms with van der Waals surface area (Å²) in [5.41, 5.74) is 0.457. The van der Waals surface area contributed by atoms with Crippen molar-refractivity contribution in [3.05, 3.63) is 24.0 Å². The lowest BCUT2D eigenvalue weighted by Crippen LogP contribution is -2.36.